The SMILES string of the molecule is C.C.C.CN1C(NC(=O)OC(C)(C)C)=N[C@](C)(c2cc(N)ccc2F)[C@]2(CCN(Cc3ccccc3)C2)S1(=O)=O.Cc1ccc(C(=O)Cc2ccc(F)c([C@@]3(C)N=C(NC(=O)OC(C)(C)C)N(C)S(=O)(=O)[C@@]34CCN(Cc3ccccc3)C4)c2)nc1.Cc1ccc(C(=O)Cc2ccc(F)c([C@@]3(C)N=C(NC(=O)OC(C)(C)C)N(C)S(=O)(=O)[C@@]34CCNC4)c2)nc1. The fourth-order valence-corrected chi connectivity index (χ4v) is 23.0. The number of nitrogens with one attached hydrogen (secondary N) is 4. The summed E-state index contributed by atoms with van der Waals surface area (Å²) in [6.07, 6.45) is 0.932. The molecule has 0 radical (unpaired) electrons. The first-order valence-electron chi connectivity index (χ1n) is 39.9. The van der Waals surface area contributed by atoms with Gasteiger partial charge in [-0.15, -0.1) is 0 Å². The number of hydrogen-bond donors (Lipinski definition) is 5. The molecule has 7 aromatic rings. The maximum absolute atomic E-state index is 16.0. The second-order valence-electron chi connectivity index (χ2n) is 35.1. The van der Waals surface area contributed by atoms with Crippen LogP contribution in [0.3, 0.4) is 0 Å². The number of ketones is 2. The number of carbonyl (C=O) groups excluding carboxylic acids is 5. The van der Waals surface area contributed by atoms with Crippen LogP contribution in [0.1, 0.15) is 196 Å². The highest BCUT2D eigenvalue weighted by atomic mass is 32.2. The summed E-state index contributed by atoms with van der Waals surface area (Å²) in [5, 5.41) is 10.5. The first kappa shape index (κ1) is 99.7. The Hall–Kier alpha value is -10.7. The molecule has 6 aliphatic heterocycles. The number of guanidine groups is 3. The Morgan fingerprint density at radius 3 is 1.10 bits per heavy atom. The van der Waals surface area contributed by atoms with Crippen molar-refractivity contribution in [2.75, 3.05) is 66.1 Å². The molecule has 5 aromatic carbocycles. The van der Waals surface area contributed by atoms with Gasteiger partial charge in [0.05, 0.1) is 0 Å². The van der Waals surface area contributed by atoms with Crippen LogP contribution in [0, 0.1) is 31.3 Å². The van der Waals surface area contributed by atoms with E-state index in [0.717, 1.165) is 35.2 Å². The van der Waals surface area contributed by atoms with Crippen molar-refractivity contribution in [2.45, 2.75) is 212 Å². The number of alkyl carbamates (subject to hydrolysis) is 3. The summed E-state index contributed by atoms with van der Waals surface area (Å²) in [6, 6.07) is 38.7. The molecule has 35 heteroatoms. The molecule has 13 rings (SSSR count). The third-order valence-corrected chi connectivity index (χ3v) is 30.8. The summed E-state index contributed by atoms with van der Waals surface area (Å²) in [6.45, 7) is 26.1. The minimum atomic E-state index is -4.27. The Labute approximate surface area is 733 Å². The molecule has 3 fully saturated rings. The van der Waals surface area contributed by atoms with Gasteiger partial charge >= 0.3 is 18.3 Å². The lowest BCUT2D eigenvalue weighted by Gasteiger charge is -2.49. The number of aromatic nitrogens is 2. The van der Waals surface area contributed by atoms with Gasteiger partial charge in [0.2, 0.25) is 47.9 Å². The van der Waals surface area contributed by atoms with Gasteiger partial charge in [-0.2, -0.15) is 0 Å². The van der Waals surface area contributed by atoms with Crippen molar-refractivity contribution in [3.63, 3.8) is 0 Å². The third-order valence-electron chi connectivity index (χ3n) is 22.9. The van der Waals surface area contributed by atoms with E-state index in [1.165, 1.54) is 75.7 Å². The monoisotopic (exact) mass is 1790 g/mol. The normalized spacial score (nSPS) is 23.6. The van der Waals surface area contributed by atoms with E-state index in [4.69, 9.17) is 29.9 Å². The van der Waals surface area contributed by atoms with Crippen LogP contribution in [0.2, 0.25) is 0 Å². The molecule has 8 heterocycles. The van der Waals surface area contributed by atoms with Gasteiger partial charge in [0, 0.05) is 115 Å². The molecule has 678 valence electrons. The number of nitrogen functional groups attached to an aromatic ring is 1. The van der Waals surface area contributed by atoms with Crippen molar-refractivity contribution in [1.29, 1.82) is 0 Å². The number of rotatable bonds is 13. The van der Waals surface area contributed by atoms with E-state index in [2.05, 4.69) is 36.2 Å². The number of sulfonamides is 3. The van der Waals surface area contributed by atoms with Crippen LogP contribution in [0.15, 0.2) is 167 Å². The summed E-state index contributed by atoms with van der Waals surface area (Å²) in [4.78, 5) is 90.7. The van der Waals surface area contributed by atoms with E-state index < -0.39 is 113 Å². The molecule has 6 aliphatic rings. The Kier molecular flexibility index (Phi) is 29.9. The van der Waals surface area contributed by atoms with Gasteiger partial charge in [0.1, 0.15) is 76.5 Å². The number of aryl methyl sites for hydroxylation is 2. The zero-order valence-electron chi connectivity index (χ0n) is 71.7. The van der Waals surface area contributed by atoms with Crippen LogP contribution in [0.4, 0.5) is 33.2 Å². The van der Waals surface area contributed by atoms with E-state index >= 15 is 13.2 Å². The van der Waals surface area contributed by atoms with Crippen molar-refractivity contribution in [3.8, 4) is 0 Å². The van der Waals surface area contributed by atoms with Gasteiger partial charge in [-0.1, -0.05) is 107 Å². The van der Waals surface area contributed by atoms with Crippen LogP contribution in [0.5, 0.6) is 0 Å². The number of pyridine rings is 2. The second kappa shape index (κ2) is 37.4. The highest BCUT2D eigenvalue weighted by molar-refractivity contribution is 7.92. The second-order valence-corrected chi connectivity index (χ2v) is 42.0. The summed E-state index contributed by atoms with van der Waals surface area (Å²) >= 11 is 0. The number of amides is 3. The largest absolute Gasteiger partial charge is 0.444 e. The number of hydrogen-bond acceptors (Lipinski definition) is 23. The number of anilines is 1. The van der Waals surface area contributed by atoms with E-state index in [9.17, 15) is 49.2 Å². The number of Topliss-reactive ketones (excluding diaryl/α,β-unsaturated/α-hetero) is 2. The van der Waals surface area contributed by atoms with Crippen molar-refractivity contribution in [3.05, 3.63) is 231 Å². The van der Waals surface area contributed by atoms with Crippen molar-refractivity contribution in [1.82, 2.24) is 54.0 Å². The molecule has 0 saturated carbocycles. The van der Waals surface area contributed by atoms with Crippen LogP contribution >= 0.6 is 0 Å². The summed E-state index contributed by atoms with van der Waals surface area (Å²) in [7, 11) is -8.65. The number of aliphatic imine (C=N–C) groups is 3. The molecule has 3 amide bonds. The Morgan fingerprint density at radius 1 is 0.456 bits per heavy atom. The number of halogens is 3. The molecular weight excluding hydrogens is 1670 g/mol. The Balaban J connectivity index is 0.000000231. The lowest BCUT2D eigenvalue weighted by Crippen LogP contribution is -2.66. The molecule has 3 saturated heterocycles. The van der Waals surface area contributed by atoms with Gasteiger partial charge in [0.15, 0.2) is 11.6 Å². The number of likely N-dealkylation sites (tertiary alicyclic amines) is 2. The lowest BCUT2D eigenvalue weighted by atomic mass is 9.77. The fraction of sp³-hybridized carbons (Fsp3) is 0.467. The van der Waals surface area contributed by atoms with E-state index in [1.54, 1.807) is 120 Å². The molecule has 6 atom stereocenters. The predicted octanol–water partition coefficient (Wildman–Crippen LogP) is 13.4. The Morgan fingerprint density at radius 2 is 0.784 bits per heavy atom. The topological polar surface area (TPSA) is 369 Å². The van der Waals surface area contributed by atoms with Gasteiger partial charge in [-0.3, -0.25) is 45.3 Å². The average Bonchev–Trinajstić information content (AvgIpc) is 1.66. The first-order chi connectivity index (χ1) is 56.8. The molecule has 0 unspecified atom stereocenters. The molecule has 0 bridgehead atoms. The van der Waals surface area contributed by atoms with Crippen LogP contribution in [0.25, 0.3) is 0 Å². The summed E-state index contributed by atoms with van der Waals surface area (Å²) in [5.41, 5.74) is 4.26. The molecule has 2 aromatic heterocycles. The minimum Gasteiger partial charge on any atom is -0.444 e. The highest BCUT2D eigenvalue weighted by Crippen LogP contribution is 2.55. The lowest BCUT2D eigenvalue weighted by molar-refractivity contribution is 0.0545. The minimum absolute atomic E-state index is 0. The third kappa shape index (κ3) is 20.2. The van der Waals surface area contributed by atoms with Crippen molar-refractivity contribution in [2.24, 2.45) is 15.0 Å². The van der Waals surface area contributed by atoms with Gasteiger partial charge in [-0.25, -0.2) is 80.7 Å². The Bertz CT molecular complexity index is 5620. The van der Waals surface area contributed by atoms with E-state index in [-0.39, 0.29) is 137 Å². The standard InChI is InChI=1S/C34H40FN5O5S.C27H34FN5O5S.C26H34FN5O4S.3CH4/c1-23-12-15-28(36-20-23)29(41)19-25-13-14-27(35)26(18-25)33(5)34(16-17-40(22-34)21-24-10-8-7-9-11-24)46(43,44)39(6)30(38-33)37-31(42)45-32(2,3)4;1-17-7-10-21(30-15-17)22(34)14-18-8-9-20(28)19(13-18)26(5)27(11-12-29-16-27)39(36,37)33(6)23(32-26)31-24(35)38-25(2,3)4;1-24(2,3)36-23(33)29-22-30-25(4,20-15-19(28)11-12-21(20)27)26(37(34,35)31(22)5)13-14-32(17-26)16-18-9-7-6-8-10-18;;;/h7-15,18,20H,16-17,19,21-22H2,1-6H3,(H,37,38,42);7-10,13,15,29H,11-12,14,16H2,1-6H3,(H,31,32,35);6-12,15H,13-14,16-17,28H2,1-5H3,(H,29,30,33);3*1H4/t33-,34-;26-,27-;25-,26-;;;/m111.../s1. The van der Waals surface area contributed by atoms with Crippen molar-refractivity contribution >= 4 is 83.5 Å². The summed E-state index contributed by atoms with van der Waals surface area (Å²) < 4.78 is 147. The zero-order valence-corrected chi connectivity index (χ0v) is 74.2. The molecule has 6 N–H and O–H groups in total. The number of carbonyl (C=O) groups is 5. The fourth-order valence-electron chi connectivity index (χ4n) is 16.5. The van der Waals surface area contributed by atoms with Gasteiger partial charge in [-0.05, 0) is 211 Å². The van der Waals surface area contributed by atoms with Gasteiger partial charge in [0.25, 0.3) is 0 Å². The van der Waals surface area contributed by atoms with Crippen LogP contribution < -0.4 is 27.0 Å². The maximum atomic E-state index is 16.0. The highest BCUT2D eigenvalue weighted by Gasteiger charge is 2.69. The van der Waals surface area contributed by atoms with E-state index in [0.29, 0.717) is 43.9 Å². The molecule has 0 aliphatic carbocycles. The number of nitrogens with two attached hydrogens (primary N) is 1. The molecule has 125 heavy (non-hydrogen) atoms. The quantitative estimate of drug-likeness (QED) is 0.0407. The van der Waals surface area contributed by atoms with Crippen LogP contribution in [-0.4, -0.2) is 197 Å². The number of benzene rings is 5. The molecule has 29 nitrogen and oxygen atoms in total. The first-order valence-corrected chi connectivity index (χ1v) is 44.2. The predicted molar refractivity (Wildman–Crippen MR) is 479 cm³/mol. The zero-order chi connectivity index (χ0) is 89.5. The molecular formula is C90H120F3N15O14S3. The average molecular weight is 1790 g/mol. The van der Waals surface area contributed by atoms with Crippen molar-refractivity contribution < 1.29 is 76.6 Å². The molecule has 3 spiro atoms. The van der Waals surface area contributed by atoms with Crippen LogP contribution in [-0.2, 0) is 86.8 Å². The van der Waals surface area contributed by atoms with Gasteiger partial charge < -0.3 is 25.3 Å². The summed E-state index contributed by atoms with van der Waals surface area (Å²) in [5.74, 6) is -3.31. The smallest absolute Gasteiger partial charge is 0.414 e. The maximum Gasteiger partial charge on any atom is 0.414 e. The number of nitrogens with zero attached hydrogens (tertiary/aromatic N) is 10. The van der Waals surface area contributed by atoms with E-state index in [1.807, 2.05) is 84.3 Å². The number of ether oxygens (including phenoxy) is 3.